The lowest BCUT2D eigenvalue weighted by atomic mass is 9.88. The van der Waals surface area contributed by atoms with Crippen LogP contribution >= 0.6 is 0 Å². The molecule has 1 amide bonds. The van der Waals surface area contributed by atoms with Crippen molar-refractivity contribution in [2.24, 2.45) is 0 Å². The van der Waals surface area contributed by atoms with Crippen LogP contribution in [0.1, 0.15) is 53.1 Å². The van der Waals surface area contributed by atoms with E-state index in [2.05, 4.69) is 11.4 Å². The van der Waals surface area contributed by atoms with Crippen LogP contribution in [-0.4, -0.2) is 25.1 Å². The van der Waals surface area contributed by atoms with E-state index in [0.29, 0.717) is 17.8 Å². The Morgan fingerprint density at radius 2 is 1.93 bits per heavy atom. The summed E-state index contributed by atoms with van der Waals surface area (Å²) in [5.41, 5.74) is 3.62. The summed E-state index contributed by atoms with van der Waals surface area (Å²) in [4.78, 5) is 25.1. The molecule has 0 bridgehead atoms. The summed E-state index contributed by atoms with van der Waals surface area (Å²) in [6.07, 6.45) is 2.91. The number of rotatable bonds is 7. The van der Waals surface area contributed by atoms with E-state index in [-0.39, 0.29) is 30.9 Å². The molecular formula is C24H25NO5. The molecule has 0 radical (unpaired) electrons. The molecule has 4 rings (SSSR count). The molecule has 1 aliphatic rings. The molecule has 0 unspecified atom stereocenters. The number of amides is 1. The van der Waals surface area contributed by atoms with E-state index in [1.165, 1.54) is 5.56 Å². The highest BCUT2D eigenvalue weighted by molar-refractivity contribution is 5.96. The number of hydrogen-bond acceptors (Lipinski definition) is 5. The van der Waals surface area contributed by atoms with Crippen molar-refractivity contribution < 1.29 is 23.5 Å². The van der Waals surface area contributed by atoms with Crippen molar-refractivity contribution >= 4 is 22.8 Å². The molecule has 1 atom stereocenters. The lowest BCUT2D eigenvalue weighted by Crippen LogP contribution is -2.34. The van der Waals surface area contributed by atoms with Crippen molar-refractivity contribution in [2.75, 3.05) is 13.2 Å². The van der Waals surface area contributed by atoms with Crippen molar-refractivity contribution in [2.45, 2.75) is 38.8 Å². The molecule has 0 aliphatic heterocycles. The number of carbonyl (C=O) groups is 2. The molecule has 6 heteroatoms. The molecule has 156 valence electrons. The van der Waals surface area contributed by atoms with Gasteiger partial charge in [0.15, 0.2) is 6.61 Å². The molecule has 0 saturated heterocycles. The average molecular weight is 407 g/mol. The Morgan fingerprint density at radius 1 is 1.13 bits per heavy atom. The zero-order chi connectivity index (χ0) is 20.9. The lowest BCUT2D eigenvalue weighted by molar-refractivity contribution is -0.125. The van der Waals surface area contributed by atoms with Gasteiger partial charge < -0.3 is 19.2 Å². The Labute approximate surface area is 175 Å². The van der Waals surface area contributed by atoms with Gasteiger partial charge in [0.05, 0.1) is 12.6 Å². The molecule has 6 nitrogen and oxygen atoms in total. The summed E-state index contributed by atoms with van der Waals surface area (Å²) in [7, 11) is 0. The highest BCUT2D eigenvalue weighted by Gasteiger charge is 2.24. The maximum absolute atomic E-state index is 12.6. The smallest absolute Gasteiger partial charge is 0.375 e. The van der Waals surface area contributed by atoms with E-state index in [9.17, 15) is 9.59 Å². The summed E-state index contributed by atoms with van der Waals surface area (Å²) in [5.74, 6) is -0.909. The molecule has 0 spiro atoms. The van der Waals surface area contributed by atoms with Gasteiger partial charge in [-0.25, -0.2) is 4.79 Å². The molecule has 30 heavy (non-hydrogen) atoms. The van der Waals surface area contributed by atoms with E-state index in [1.54, 1.807) is 6.07 Å². The van der Waals surface area contributed by atoms with E-state index < -0.39 is 5.97 Å². The number of hydrogen-bond donors (Lipinski definition) is 1. The van der Waals surface area contributed by atoms with Crippen LogP contribution in [0.25, 0.3) is 11.0 Å². The number of esters is 1. The molecule has 1 N–H and O–H groups in total. The van der Waals surface area contributed by atoms with Crippen LogP contribution in [0.5, 0.6) is 0 Å². The van der Waals surface area contributed by atoms with E-state index in [4.69, 9.17) is 13.9 Å². The number of carbonyl (C=O) groups excluding carboxylic acids is 2. The van der Waals surface area contributed by atoms with Crippen LogP contribution in [-0.2, 0) is 27.3 Å². The van der Waals surface area contributed by atoms with Gasteiger partial charge in [-0.05, 0) is 43.4 Å². The topological polar surface area (TPSA) is 77.8 Å². The van der Waals surface area contributed by atoms with Crippen molar-refractivity contribution in [3.63, 3.8) is 0 Å². The van der Waals surface area contributed by atoms with Crippen molar-refractivity contribution in [3.8, 4) is 0 Å². The van der Waals surface area contributed by atoms with Crippen LogP contribution in [0.4, 0.5) is 0 Å². The maximum atomic E-state index is 12.6. The van der Waals surface area contributed by atoms with Crippen LogP contribution in [0.15, 0.2) is 52.9 Å². The standard InChI is InChI=1S/C24H25NO5/c1-2-28-14-19-18-11-5-6-13-21(18)30-23(19)24(27)29-15-22(26)25-20-12-7-9-16-8-3-4-10-17(16)20/h3-6,8,10-11,13,20H,2,7,9,12,14-15H2,1H3,(H,25,26)/t20-/m1/s1. The Bertz CT molecular complexity index is 1050. The first kappa shape index (κ1) is 20.2. The maximum Gasteiger partial charge on any atom is 0.375 e. The Balaban J connectivity index is 1.42. The van der Waals surface area contributed by atoms with Gasteiger partial charge in [0, 0.05) is 17.6 Å². The second-order valence-electron chi connectivity index (χ2n) is 7.33. The van der Waals surface area contributed by atoms with E-state index in [1.807, 2.05) is 43.3 Å². The zero-order valence-corrected chi connectivity index (χ0v) is 17.0. The zero-order valence-electron chi connectivity index (χ0n) is 17.0. The second-order valence-corrected chi connectivity index (χ2v) is 7.33. The van der Waals surface area contributed by atoms with Crippen LogP contribution in [0.3, 0.4) is 0 Å². The number of aryl methyl sites for hydroxylation is 1. The fourth-order valence-electron chi connectivity index (χ4n) is 3.95. The average Bonchev–Trinajstić information content (AvgIpc) is 3.15. The summed E-state index contributed by atoms with van der Waals surface area (Å²) >= 11 is 0. The first-order valence-electron chi connectivity index (χ1n) is 10.3. The number of nitrogens with one attached hydrogen (secondary N) is 1. The van der Waals surface area contributed by atoms with Gasteiger partial charge in [-0.3, -0.25) is 4.79 Å². The molecule has 0 saturated carbocycles. The fourth-order valence-corrected chi connectivity index (χ4v) is 3.95. The molecule has 1 heterocycles. The van der Waals surface area contributed by atoms with Gasteiger partial charge >= 0.3 is 5.97 Å². The second kappa shape index (κ2) is 9.13. The summed E-state index contributed by atoms with van der Waals surface area (Å²) in [6, 6.07) is 15.4. The Hall–Kier alpha value is -3.12. The number of furan rings is 1. The first-order chi connectivity index (χ1) is 14.7. The number of benzene rings is 2. The van der Waals surface area contributed by atoms with Crippen molar-refractivity contribution in [1.82, 2.24) is 5.32 Å². The summed E-state index contributed by atoms with van der Waals surface area (Å²) < 4.78 is 16.5. The van der Waals surface area contributed by atoms with Gasteiger partial charge in [0.2, 0.25) is 5.76 Å². The van der Waals surface area contributed by atoms with Crippen LogP contribution < -0.4 is 5.32 Å². The highest BCUT2D eigenvalue weighted by Crippen LogP contribution is 2.30. The Morgan fingerprint density at radius 3 is 2.80 bits per heavy atom. The monoisotopic (exact) mass is 407 g/mol. The predicted molar refractivity (Wildman–Crippen MR) is 112 cm³/mol. The Kier molecular flexibility index (Phi) is 6.14. The van der Waals surface area contributed by atoms with Gasteiger partial charge in [-0.1, -0.05) is 42.5 Å². The molecule has 1 aromatic heterocycles. The van der Waals surface area contributed by atoms with Crippen molar-refractivity contribution in [1.29, 1.82) is 0 Å². The third-order valence-corrected chi connectivity index (χ3v) is 5.37. The van der Waals surface area contributed by atoms with Gasteiger partial charge in [0.1, 0.15) is 5.58 Å². The van der Waals surface area contributed by atoms with E-state index >= 15 is 0 Å². The first-order valence-corrected chi connectivity index (χ1v) is 10.3. The van der Waals surface area contributed by atoms with Crippen molar-refractivity contribution in [3.05, 3.63) is 71.0 Å². The summed E-state index contributed by atoms with van der Waals surface area (Å²) in [6.45, 7) is 2.28. The minimum absolute atomic E-state index is 0.0548. The predicted octanol–water partition coefficient (Wildman–Crippen LogP) is 4.32. The lowest BCUT2D eigenvalue weighted by Gasteiger charge is -2.26. The normalized spacial score (nSPS) is 15.6. The van der Waals surface area contributed by atoms with Crippen LogP contribution in [0.2, 0.25) is 0 Å². The van der Waals surface area contributed by atoms with Crippen LogP contribution in [0, 0.1) is 0 Å². The number of para-hydroxylation sites is 1. The fraction of sp³-hybridized carbons (Fsp3) is 0.333. The largest absolute Gasteiger partial charge is 0.450 e. The molecule has 2 aromatic carbocycles. The number of fused-ring (bicyclic) bond motifs is 2. The third kappa shape index (κ3) is 4.24. The third-order valence-electron chi connectivity index (χ3n) is 5.37. The van der Waals surface area contributed by atoms with Gasteiger partial charge in [-0.15, -0.1) is 0 Å². The summed E-state index contributed by atoms with van der Waals surface area (Å²) in [5, 5.41) is 3.79. The molecular weight excluding hydrogens is 382 g/mol. The highest BCUT2D eigenvalue weighted by atomic mass is 16.5. The quantitative estimate of drug-likeness (QED) is 0.590. The minimum atomic E-state index is -0.667. The number of ether oxygens (including phenoxy) is 2. The van der Waals surface area contributed by atoms with E-state index in [0.717, 1.165) is 30.2 Å². The molecule has 3 aromatic rings. The molecule has 0 fully saturated rings. The van der Waals surface area contributed by atoms with Gasteiger partial charge in [-0.2, -0.15) is 0 Å². The molecule has 1 aliphatic carbocycles. The SMILES string of the molecule is CCOCc1c(C(=O)OCC(=O)N[C@@H]2CCCc3ccccc32)oc2ccccc12. The minimum Gasteiger partial charge on any atom is -0.450 e. The van der Waals surface area contributed by atoms with Gasteiger partial charge in [0.25, 0.3) is 5.91 Å².